The van der Waals surface area contributed by atoms with Gasteiger partial charge in [0.2, 0.25) is 0 Å². The number of rotatable bonds is 4. The standard InChI is InChI=1S/C13H15N3O/c1-16-8-7-12(15-16)10-14-9-11-5-3-4-6-13(11)17-2/h3-8,10H,9H2,1-2H3. The van der Waals surface area contributed by atoms with Crippen molar-refractivity contribution in [3.05, 3.63) is 47.8 Å². The van der Waals surface area contributed by atoms with Crippen LogP contribution in [0.15, 0.2) is 41.5 Å². The lowest BCUT2D eigenvalue weighted by molar-refractivity contribution is 0.410. The Morgan fingerprint density at radius 2 is 2.18 bits per heavy atom. The van der Waals surface area contributed by atoms with E-state index < -0.39 is 0 Å². The number of aromatic nitrogens is 2. The monoisotopic (exact) mass is 229 g/mol. The highest BCUT2D eigenvalue weighted by Gasteiger charge is 1.99. The van der Waals surface area contributed by atoms with Crippen molar-refractivity contribution in [2.75, 3.05) is 7.11 Å². The van der Waals surface area contributed by atoms with Gasteiger partial charge in [-0.1, -0.05) is 18.2 Å². The van der Waals surface area contributed by atoms with Gasteiger partial charge in [0.25, 0.3) is 0 Å². The maximum atomic E-state index is 5.26. The fourth-order valence-corrected chi connectivity index (χ4v) is 1.57. The highest BCUT2D eigenvalue weighted by molar-refractivity contribution is 5.76. The van der Waals surface area contributed by atoms with Crippen molar-refractivity contribution >= 4 is 6.21 Å². The first kappa shape index (κ1) is 11.4. The number of nitrogens with zero attached hydrogens (tertiary/aromatic N) is 3. The van der Waals surface area contributed by atoms with E-state index in [1.165, 1.54) is 0 Å². The fraction of sp³-hybridized carbons (Fsp3) is 0.231. The van der Waals surface area contributed by atoms with Gasteiger partial charge >= 0.3 is 0 Å². The molecule has 1 aromatic carbocycles. The number of hydrogen-bond acceptors (Lipinski definition) is 3. The summed E-state index contributed by atoms with van der Waals surface area (Å²) in [7, 11) is 3.55. The van der Waals surface area contributed by atoms with Crippen LogP contribution in [0.4, 0.5) is 0 Å². The van der Waals surface area contributed by atoms with E-state index in [2.05, 4.69) is 10.1 Å². The summed E-state index contributed by atoms with van der Waals surface area (Å²) in [6.45, 7) is 0.598. The summed E-state index contributed by atoms with van der Waals surface area (Å²) in [5, 5.41) is 4.22. The molecule has 0 saturated heterocycles. The second-order valence-corrected chi connectivity index (χ2v) is 3.70. The van der Waals surface area contributed by atoms with Crippen molar-refractivity contribution in [2.24, 2.45) is 12.0 Å². The number of aliphatic imine (C=N–C) groups is 1. The minimum atomic E-state index is 0.598. The summed E-state index contributed by atoms with van der Waals surface area (Å²) < 4.78 is 7.01. The molecule has 4 heteroatoms. The van der Waals surface area contributed by atoms with Crippen LogP contribution in [-0.4, -0.2) is 23.1 Å². The first-order valence-electron chi connectivity index (χ1n) is 5.41. The molecule has 0 saturated carbocycles. The number of para-hydroxylation sites is 1. The zero-order chi connectivity index (χ0) is 12.1. The lowest BCUT2D eigenvalue weighted by Crippen LogP contribution is -1.92. The number of benzene rings is 1. The fourth-order valence-electron chi connectivity index (χ4n) is 1.57. The van der Waals surface area contributed by atoms with Gasteiger partial charge in [0, 0.05) is 25.0 Å². The van der Waals surface area contributed by atoms with Crippen LogP contribution < -0.4 is 4.74 Å². The van der Waals surface area contributed by atoms with E-state index in [9.17, 15) is 0 Å². The zero-order valence-corrected chi connectivity index (χ0v) is 10.00. The van der Waals surface area contributed by atoms with Crippen LogP contribution in [0.2, 0.25) is 0 Å². The Kier molecular flexibility index (Phi) is 3.55. The van der Waals surface area contributed by atoms with Crippen molar-refractivity contribution in [3.8, 4) is 5.75 Å². The molecule has 1 heterocycles. The van der Waals surface area contributed by atoms with E-state index in [1.807, 2.05) is 43.6 Å². The Balaban J connectivity index is 2.04. The molecule has 0 aliphatic rings. The van der Waals surface area contributed by atoms with Gasteiger partial charge in [-0.05, 0) is 12.1 Å². The van der Waals surface area contributed by atoms with E-state index in [4.69, 9.17) is 4.74 Å². The van der Waals surface area contributed by atoms with Crippen LogP contribution in [0.1, 0.15) is 11.3 Å². The van der Waals surface area contributed by atoms with Gasteiger partial charge in [-0.3, -0.25) is 9.67 Å². The van der Waals surface area contributed by atoms with Crippen molar-refractivity contribution in [2.45, 2.75) is 6.54 Å². The van der Waals surface area contributed by atoms with Crippen molar-refractivity contribution < 1.29 is 4.74 Å². The van der Waals surface area contributed by atoms with Crippen molar-refractivity contribution in [1.82, 2.24) is 9.78 Å². The SMILES string of the molecule is COc1ccccc1CN=Cc1ccn(C)n1. The molecule has 1 aromatic heterocycles. The summed E-state index contributed by atoms with van der Waals surface area (Å²) in [4.78, 5) is 4.35. The molecule has 0 amide bonds. The Labute approximate surface area is 101 Å². The lowest BCUT2D eigenvalue weighted by Gasteiger charge is -2.04. The normalized spacial score (nSPS) is 10.9. The molecule has 0 unspecified atom stereocenters. The molecular formula is C13H15N3O. The molecule has 0 aliphatic heterocycles. The maximum Gasteiger partial charge on any atom is 0.123 e. The first-order valence-corrected chi connectivity index (χ1v) is 5.41. The average molecular weight is 229 g/mol. The van der Waals surface area contributed by atoms with Gasteiger partial charge in [-0.2, -0.15) is 5.10 Å². The van der Waals surface area contributed by atoms with Gasteiger partial charge in [-0.25, -0.2) is 0 Å². The van der Waals surface area contributed by atoms with Gasteiger partial charge in [0.05, 0.1) is 13.7 Å². The van der Waals surface area contributed by atoms with Gasteiger partial charge in [0.1, 0.15) is 11.4 Å². The number of aryl methyl sites for hydroxylation is 1. The molecule has 0 fully saturated rings. The van der Waals surface area contributed by atoms with Crippen LogP contribution in [0, 0.1) is 0 Å². The summed E-state index contributed by atoms with van der Waals surface area (Å²) in [6, 6.07) is 9.80. The molecule has 0 radical (unpaired) electrons. The predicted molar refractivity (Wildman–Crippen MR) is 67.5 cm³/mol. The third-order valence-electron chi connectivity index (χ3n) is 2.41. The Bertz CT molecular complexity index is 517. The second-order valence-electron chi connectivity index (χ2n) is 3.70. The molecule has 17 heavy (non-hydrogen) atoms. The summed E-state index contributed by atoms with van der Waals surface area (Å²) >= 11 is 0. The van der Waals surface area contributed by atoms with E-state index in [0.717, 1.165) is 17.0 Å². The van der Waals surface area contributed by atoms with Gasteiger partial charge < -0.3 is 4.74 Å². The topological polar surface area (TPSA) is 39.4 Å². The van der Waals surface area contributed by atoms with E-state index in [-0.39, 0.29) is 0 Å². The number of methoxy groups -OCH3 is 1. The maximum absolute atomic E-state index is 5.26. The van der Waals surface area contributed by atoms with Crippen LogP contribution in [-0.2, 0) is 13.6 Å². The van der Waals surface area contributed by atoms with E-state index >= 15 is 0 Å². The Morgan fingerprint density at radius 1 is 1.35 bits per heavy atom. The quantitative estimate of drug-likeness (QED) is 0.753. The number of ether oxygens (including phenoxy) is 1. The molecule has 0 spiro atoms. The smallest absolute Gasteiger partial charge is 0.123 e. The predicted octanol–water partition coefficient (Wildman–Crippen LogP) is 2.05. The molecule has 4 nitrogen and oxygen atoms in total. The van der Waals surface area contributed by atoms with Crippen LogP contribution in [0.25, 0.3) is 0 Å². The van der Waals surface area contributed by atoms with Gasteiger partial charge in [-0.15, -0.1) is 0 Å². The third kappa shape index (κ3) is 2.93. The second kappa shape index (κ2) is 5.30. The zero-order valence-electron chi connectivity index (χ0n) is 10.00. The largest absolute Gasteiger partial charge is 0.496 e. The Morgan fingerprint density at radius 3 is 2.88 bits per heavy atom. The molecule has 2 rings (SSSR count). The first-order chi connectivity index (χ1) is 8.29. The minimum Gasteiger partial charge on any atom is -0.496 e. The molecule has 2 aromatic rings. The minimum absolute atomic E-state index is 0.598. The third-order valence-corrected chi connectivity index (χ3v) is 2.41. The molecule has 0 bridgehead atoms. The summed E-state index contributed by atoms with van der Waals surface area (Å²) in [5.41, 5.74) is 1.93. The summed E-state index contributed by atoms with van der Waals surface area (Å²) in [5.74, 6) is 0.866. The number of hydrogen-bond donors (Lipinski definition) is 0. The summed E-state index contributed by atoms with van der Waals surface area (Å²) in [6.07, 6.45) is 3.66. The van der Waals surface area contributed by atoms with Crippen LogP contribution in [0.3, 0.4) is 0 Å². The van der Waals surface area contributed by atoms with Crippen molar-refractivity contribution in [1.29, 1.82) is 0 Å². The lowest BCUT2D eigenvalue weighted by atomic mass is 10.2. The van der Waals surface area contributed by atoms with Gasteiger partial charge in [0.15, 0.2) is 0 Å². The highest BCUT2D eigenvalue weighted by atomic mass is 16.5. The van der Waals surface area contributed by atoms with Crippen LogP contribution >= 0.6 is 0 Å². The van der Waals surface area contributed by atoms with E-state index in [0.29, 0.717) is 6.54 Å². The molecule has 0 N–H and O–H groups in total. The molecule has 88 valence electrons. The molecule has 0 atom stereocenters. The van der Waals surface area contributed by atoms with Crippen molar-refractivity contribution in [3.63, 3.8) is 0 Å². The van der Waals surface area contributed by atoms with E-state index in [1.54, 1.807) is 18.0 Å². The molecular weight excluding hydrogens is 214 g/mol. The van der Waals surface area contributed by atoms with Crippen LogP contribution in [0.5, 0.6) is 5.75 Å². The Hall–Kier alpha value is -2.10. The average Bonchev–Trinajstić information content (AvgIpc) is 2.76. The molecule has 0 aliphatic carbocycles. The highest BCUT2D eigenvalue weighted by Crippen LogP contribution is 2.17.